The number of benzene rings is 1. The molecular weight excluding hydrogens is 134 g/mol. The first-order valence-electron chi connectivity index (χ1n) is 3.97. The number of nitrogens with one attached hydrogen (secondary N) is 1. The van der Waals surface area contributed by atoms with Gasteiger partial charge in [-0.2, -0.15) is 0 Å². The third-order valence-electron chi connectivity index (χ3n) is 2.32. The van der Waals surface area contributed by atoms with E-state index in [1.807, 2.05) is 0 Å². The van der Waals surface area contributed by atoms with E-state index in [1.54, 1.807) is 6.21 Å². The van der Waals surface area contributed by atoms with Crippen LogP contribution in [0.3, 0.4) is 0 Å². The normalized spacial score (nSPS) is 16.4. The van der Waals surface area contributed by atoms with Gasteiger partial charge in [0.1, 0.15) is 0 Å². The molecule has 1 N–H and O–H groups in total. The molecule has 0 spiro atoms. The van der Waals surface area contributed by atoms with Crippen molar-refractivity contribution >= 4 is 6.21 Å². The Morgan fingerprint density at radius 1 is 1.18 bits per heavy atom. The zero-order chi connectivity index (χ0) is 7.68. The molecule has 1 heteroatoms. The van der Waals surface area contributed by atoms with Crippen LogP contribution in [0.15, 0.2) is 24.3 Å². The molecule has 0 aromatic heterocycles. The number of rotatable bonds is 1. The van der Waals surface area contributed by atoms with Crippen LogP contribution in [0.25, 0.3) is 0 Å². The molecule has 1 aliphatic carbocycles. The lowest BCUT2D eigenvalue weighted by Crippen LogP contribution is -1.98. The summed E-state index contributed by atoms with van der Waals surface area (Å²) >= 11 is 0. The van der Waals surface area contributed by atoms with Crippen molar-refractivity contribution in [2.24, 2.45) is 5.92 Å². The Bertz CT molecular complexity index is 253. The van der Waals surface area contributed by atoms with Gasteiger partial charge in [-0.1, -0.05) is 24.3 Å². The fraction of sp³-hybridized carbons (Fsp3) is 0.300. The largest absolute Gasteiger partial charge is 0.313 e. The van der Waals surface area contributed by atoms with Crippen LogP contribution in [-0.2, 0) is 12.8 Å². The Hall–Kier alpha value is -1.11. The van der Waals surface area contributed by atoms with E-state index in [2.05, 4.69) is 24.3 Å². The highest BCUT2D eigenvalue weighted by Crippen LogP contribution is 2.24. The molecule has 1 aromatic carbocycles. The minimum atomic E-state index is 0.465. The Kier molecular flexibility index (Phi) is 1.50. The first-order valence-corrected chi connectivity index (χ1v) is 3.97. The second kappa shape index (κ2) is 2.50. The fourth-order valence-corrected chi connectivity index (χ4v) is 1.71. The average molecular weight is 145 g/mol. The van der Waals surface area contributed by atoms with Crippen LogP contribution in [0.2, 0.25) is 0 Å². The van der Waals surface area contributed by atoms with E-state index in [0.29, 0.717) is 5.92 Å². The monoisotopic (exact) mass is 145 g/mol. The topological polar surface area (TPSA) is 23.9 Å². The average Bonchev–Trinajstić information content (AvgIpc) is 2.46. The summed E-state index contributed by atoms with van der Waals surface area (Å²) in [7, 11) is 0. The molecule has 0 unspecified atom stereocenters. The molecule has 0 aliphatic heterocycles. The van der Waals surface area contributed by atoms with Crippen molar-refractivity contribution < 1.29 is 0 Å². The van der Waals surface area contributed by atoms with Gasteiger partial charge in [-0.3, -0.25) is 0 Å². The predicted molar refractivity (Wildman–Crippen MR) is 46.1 cm³/mol. The zero-order valence-corrected chi connectivity index (χ0v) is 6.38. The first kappa shape index (κ1) is 6.59. The van der Waals surface area contributed by atoms with E-state index >= 15 is 0 Å². The van der Waals surface area contributed by atoms with Gasteiger partial charge in [-0.25, -0.2) is 0 Å². The molecule has 0 radical (unpaired) electrons. The highest BCUT2D eigenvalue weighted by atomic mass is 14.4. The SMILES string of the molecule is N=CC1Cc2ccccc2C1. The third-order valence-corrected chi connectivity index (χ3v) is 2.32. The van der Waals surface area contributed by atoms with E-state index in [-0.39, 0.29) is 0 Å². The van der Waals surface area contributed by atoms with Crippen molar-refractivity contribution in [1.29, 1.82) is 5.41 Å². The van der Waals surface area contributed by atoms with Gasteiger partial charge in [0.15, 0.2) is 0 Å². The predicted octanol–water partition coefficient (Wildman–Crippen LogP) is 2.05. The smallest absolute Gasteiger partial charge is 0.00161 e. The molecule has 11 heavy (non-hydrogen) atoms. The maximum atomic E-state index is 7.15. The standard InChI is InChI=1S/C10H11N/c11-7-8-5-9-3-1-2-4-10(9)6-8/h1-4,7-8,11H,5-6H2. The molecule has 0 saturated carbocycles. The summed E-state index contributed by atoms with van der Waals surface area (Å²) in [6, 6.07) is 8.48. The third kappa shape index (κ3) is 1.07. The Morgan fingerprint density at radius 3 is 2.18 bits per heavy atom. The summed E-state index contributed by atoms with van der Waals surface area (Å²) in [5, 5.41) is 7.15. The quantitative estimate of drug-likeness (QED) is 0.585. The lowest BCUT2D eigenvalue weighted by atomic mass is 10.1. The van der Waals surface area contributed by atoms with Gasteiger partial charge in [0.05, 0.1) is 0 Å². The second-order valence-corrected chi connectivity index (χ2v) is 3.10. The van der Waals surface area contributed by atoms with Crippen LogP contribution < -0.4 is 0 Å². The van der Waals surface area contributed by atoms with Gasteiger partial charge in [-0.05, 0) is 30.2 Å². The summed E-state index contributed by atoms with van der Waals surface area (Å²) in [5.41, 5.74) is 2.86. The fourth-order valence-electron chi connectivity index (χ4n) is 1.71. The van der Waals surface area contributed by atoms with E-state index in [0.717, 1.165) is 12.8 Å². The van der Waals surface area contributed by atoms with Crippen LogP contribution in [0.5, 0.6) is 0 Å². The Labute approximate surface area is 66.6 Å². The summed E-state index contributed by atoms with van der Waals surface area (Å²) in [4.78, 5) is 0. The van der Waals surface area contributed by atoms with Crippen LogP contribution in [-0.4, -0.2) is 6.21 Å². The maximum Gasteiger partial charge on any atom is 0.00161 e. The highest BCUT2D eigenvalue weighted by molar-refractivity contribution is 5.60. The van der Waals surface area contributed by atoms with Crippen molar-refractivity contribution in [3.63, 3.8) is 0 Å². The molecule has 2 rings (SSSR count). The lowest BCUT2D eigenvalue weighted by Gasteiger charge is -1.95. The highest BCUT2D eigenvalue weighted by Gasteiger charge is 2.17. The molecule has 0 heterocycles. The van der Waals surface area contributed by atoms with Crippen molar-refractivity contribution in [2.45, 2.75) is 12.8 Å². The van der Waals surface area contributed by atoms with Crippen LogP contribution >= 0.6 is 0 Å². The minimum Gasteiger partial charge on any atom is -0.313 e. The summed E-state index contributed by atoms with van der Waals surface area (Å²) in [6.07, 6.45) is 3.71. The number of hydrogen-bond acceptors (Lipinski definition) is 1. The molecular formula is C10H11N. The van der Waals surface area contributed by atoms with Gasteiger partial charge in [0, 0.05) is 5.92 Å². The van der Waals surface area contributed by atoms with Crippen LogP contribution in [0.4, 0.5) is 0 Å². The minimum absolute atomic E-state index is 0.465. The molecule has 0 saturated heterocycles. The number of fused-ring (bicyclic) bond motifs is 1. The molecule has 56 valence electrons. The molecule has 0 amide bonds. The summed E-state index contributed by atoms with van der Waals surface area (Å²) in [5.74, 6) is 0.465. The molecule has 0 fully saturated rings. The maximum absolute atomic E-state index is 7.15. The Morgan fingerprint density at radius 2 is 1.73 bits per heavy atom. The van der Waals surface area contributed by atoms with Crippen LogP contribution in [0.1, 0.15) is 11.1 Å². The van der Waals surface area contributed by atoms with Crippen LogP contribution in [0, 0.1) is 11.3 Å². The second-order valence-electron chi connectivity index (χ2n) is 3.10. The first-order chi connectivity index (χ1) is 5.40. The summed E-state index contributed by atoms with van der Waals surface area (Å²) in [6.45, 7) is 0. The van der Waals surface area contributed by atoms with Crippen molar-refractivity contribution in [3.05, 3.63) is 35.4 Å². The summed E-state index contributed by atoms with van der Waals surface area (Å²) < 4.78 is 0. The molecule has 1 aliphatic rings. The molecule has 1 aromatic rings. The molecule has 0 bridgehead atoms. The van der Waals surface area contributed by atoms with Crippen molar-refractivity contribution in [2.75, 3.05) is 0 Å². The molecule has 0 atom stereocenters. The van der Waals surface area contributed by atoms with E-state index in [4.69, 9.17) is 5.41 Å². The van der Waals surface area contributed by atoms with Gasteiger partial charge in [0.2, 0.25) is 0 Å². The Balaban J connectivity index is 2.33. The zero-order valence-electron chi connectivity index (χ0n) is 6.38. The number of hydrogen-bond donors (Lipinski definition) is 1. The van der Waals surface area contributed by atoms with Gasteiger partial charge in [-0.15, -0.1) is 0 Å². The van der Waals surface area contributed by atoms with Gasteiger partial charge in [0.25, 0.3) is 0 Å². The van der Waals surface area contributed by atoms with Crippen molar-refractivity contribution in [3.8, 4) is 0 Å². The molecule has 1 nitrogen and oxygen atoms in total. The van der Waals surface area contributed by atoms with E-state index in [9.17, 15) is 0 Å². The van der Waals surface area contributed by atoms with Gasteiger partial charge >= 0.3 is 0 Å². The van der Waals surface area contributed by atoms with Gasteiger partial charge < -0.3 is 5.41 Å². The van der Waals surface area contributed by atoms with Crippen molar-refractivity contribution in [1.82, 2.24) is 0 Å². The van der Waals surface area contributed by atoms with E-state index in [1.165, 1.54) is 11.1 Å². The van der Waals surface area contributed by atoms with E-state index < -0.39 is 0 Å². The lowest BCUT2D eigenvalue weighted by molar-refractivity contribution is 0.761.